The van der Waals surface area contributed by atoms with Crippen LogP contribution in [0.25, 0.3) is 21.3 Å². The lowest BCUT2D eigenvalue weighted by Crippen LogP contribution is -1.73. The Morgan fingerprint density at radius 1 is 1.29 bits per heavy atom. The molecule has 14 heavy (non-hydrogen) atoms. The van der Waals surface area contributed by atoms with Gasteiger partial charge in [-0.05, 0) is 26.0 Å². The van der Waals surface area contributed by atoms with E-state index in [0.29, 0.717) is 0 Å². The third-order valence-corrected chi connectivity index (χ3v) is 3.30. The zero-order valence-electron chi connectivity index (χ0n) is 8.09. The number of benzene rings is 1. The van der Waals surface area contributed by atoms with Crippen LogP contribution in [0.5, 0.6) is 0 Å². The number of hydrogen-bond acceptors (Lipinski definition) is 2. The number of rotatable bonds is 0. The van der Waals surface area contributed by atoms with Gasteiger partial charge in [-0.2, -0.15) is 0 Å². The predicted molar refractivity (Wildman–Crippen MR) is 61.0 cm³/mol. The summed E-state index contributed by atoms with van der Waals surface area (Å²) in [5.41, 5.74) is 3.58. The molecule has 0 atom stereocenters. The maximum atomic E-state index is 4.53. The van der Waals surface area contributed by atoms with Crippen LogP contribution in [0.2, 0.25) is 0 Å². The summed E-state index contributed by atoms with van der Waals surface area (Å²) in [6, 6.07) is 6.43. The van der Waals surface area contributed by atoms with Crippen molar-refractivity contribution in [3.05, 3.63) is 28.8 Å². The first-order chi connectivity index (χ1) is 6.74. The minimum Gasteiger partial charge on any atom is -0.345 e. The lowest BCUT2D eigenvalue weighted by molar-refractivity contribution is 1.35. The van der Waals surface area contributed by atoms with Crippen molar-refractivity contribution in [1.82, 2.24) is 9.97 Å². The van der Waals surface area contributed by atoms with Crippen molar-refractivity contribution in [1.29, 1.82) is 0 Å². The number of thiazole rings is 1. The molecule has 2 heterocycles. The Balaban J connectivity index is 2.55. The van der Waals surface area contributed by atoms with Crippen molar-refractivity contribution in [2.75, 3.05) is 0 Å². The molecule has 0 fully saturated rings. The van der Waals surface area contributed by atoms with E-state index in [2.05, 4.69) is 35.1 Å². The summed E-state index contributed by atoms with van der Waals surface area (Å²) in [5, 5.41) is 2.36. The van der Waals surface area contributed by atoms with Gasteiger partial charge in [-0.15, -0.1) is 11.3 Å². The number of aromatic nitrogens is 2. The van der Waals surface area contributed by atoms with Gasteiger partial charge < -0.3 is 4.98 Å². The number of aryl methyl sites for hydroxylation is 2. The van der Waals surface area contributed by atoms with Gasteiger partial charge >= 0.3 is 0 Å². The molecule has 0 amide bonds. The van der Waals surface area contributed by atoms with Crippen LogP contribution < -0.4 is 0 Å². The van der Waals surface area contributed by atoms with Gasteiger partial charge in [-0.25, -0.2) is 4.98 Å². The summed E-state index contributed by atoms with van der Waals surface area (Å²) in [5.74, 6) is 0. The van der Waals surface area contributed by atoms with Crippen LogP contribution in [0, 0.1) is 13.8 Å². The predicted octanol–water partition coefficient (Wildman–Crippen LogP) is 3.39. The van der Waals surface area contributed by atoms with Gasteiger partial charge in [-0.1, -0.05) is 11.6 Å². The molecule has 0 aliphatic carbocycles. The molecule has 0 unspecified atom stereocenters. The molecule has 0 saturated carbocycles. The van der Waals surface area contributed by atoms with Crippen LogP contribution in [-0.2, 0) is 0 Å². The van der Waals surface area contributed by atoms with E-state index < -0.39 is 0 Å². The Kier molecular flexibility index (Phi) is 1.47. The lowest BCUT2D eigenvalue weighted by atomic mass is 10.2. The molecule has 0 bridgehead atoms. The van der Waals surface area contributed by atoms with Gasteiger partial charge in [0, 0.05) is 10.9 Å². The third-order valence-electron chi connectivity index (χ3n) is 2.41. The van der Waals surface area contributed by atoms with Crippen LogP contribution in [0.1, 0.15) is 10.6 Å². The average molecular weight is 202 g/mol. The van der Waals surface area contributed by atoms with E-state index in [-0.39, 0.29) is 0 Å². The molecule has 0 aliphatic rings. The fourth-order valence-electron chi connectivity index (χ4n) is 1.78. The highest BCUT2D eigenvalue weighted by Crippen LogP contribution is 2.29. The Morgan fingerprint density at radius 3 is 3.00 bits per heavy atom. The number of nitrogens with one attached hydrogen (secondary N) is 1. The molecular formula is C11H10N2S. The molecule has 0 spiro atoms. The highest BCUT2D eigenvalue weighted by Gasteiger charge is 2.07. The second-order valence-electron chi connectivity index (χ2n) is 3.58. The fourth-order valence-corrected chi connectivity index (χ4v) is 2.63. The summed E-state index contributed by atoms with van der Waals surface area (Å²) in [6.07, 6.45) is 0. The van der Waals surface area contributed by atoms with Gasteiger partial charge in [0.25, 0.3) is 0 Å². The molecule has 2 aromatic heterocycles. The largest absolute Gasteiger partial charge is 0.345 e. The van der Waals surface area contributed by atoms with E-state index in [4.69, 9.17) is 0 Å². The van der Waals surface area contributed by atoms with Crippen molar-refractivity contribution in [2.45, 2.75) is 13.8 Å². The third kappa shape index (κ3) is 0.990. The van der Waals surface area contributed by atoms with Gasteiger partial charge in [0.05, 0.1) is 5.01 Å². The molecule has 70 valence electrons. The van der Waals surface area contributed by atoms with Crippen molar-refractivity contribution < 1.29 is 0 Å². The standard InChI is InChI=1S/C11H10N2S/c1-6-3-4-9-8(5-6)10-11(13-9)14-7(2)12-10/h3-5,13H,1-2H3. The zero-order chi connectivity index (χ0) is 9.71. The van der Waals surface area contributed by atoms with Crippen LogP contribution >= 0.6 is 11.3 Å². The summed E-state index contributed by atoms with van der Waals surface area (Å²) >= 11 is 1.72. The topological polar surface area (TPSA) is 28.7 Å². The first-order valence-corrected chi connectivity index (χ1v) is 5.41. The molecule has 1 N–H and O–H groups in total. The number of nitrogens with zero attached hydrogens (tertiary/aromatic N) is 1. The molecule has 0 radical (unpaired) electrons. The number of aromatic amines is 1. The van der Waals surface area contributed by atoms with Gasteiger partial charge in [0.2, 0.25) is 0 Å². The quantitative estimate of drug-likeness (QED) is 0.594. The second kappa shape index (κ2) is 2.58. The van der Waals surface area contributed by atoms with E-state index in [1.165, 1.54) is 21.3 Å². The number of H-pyrrole nitrogens is 1. The Morgan fingerprint density at radius 2 is 2.14 bits per heavy atom. The molecule has 1 aromatic carbocycles. The van der Waals surface area contributed by atoms with Crippen LogP contribution in [0.15, 0.2) is 18.2 Å². The van der Waals surface area contributed by atoms with Crippen LogP contribution in [0.4, 0.5) is 0 Å². The lowest BCUT2D eigenvalue weighted by Gasteiger charge is -1.91. The molecule has 3 rings (SSSR count). The van der Waals surface area contributed by atoms with Crippen LogP contribution in [0.3, 0.4) is 0 Å². The summed E-state index contributed by atoms with van der Waals surface area (Å²) in [6.45, 7) is 4.15. The normalized spacial score (nSPS) is 11.6. The van der Waals surface area contributed by atoms with Crippen molar-refractivity contribution in [3.63, 3.8) is 0 Å². The van der Waals surface area contributed by atoms with Crippen molar-refractivity contribution in [2.24, 2.45) is 0 Å². The first-order valence-electron chi connectivity index (χ1n) is 4.59. The van der Waals surface area contributed by atoms with Gasteiger partial charge in [0.15, 0.2) is 0 Å². The average Bonchev–Trinajstić information content (AvgIpc) is 2.62. The summed E-state index contributed by atoms with van der Waals surface area (Å²) in [7, 11) is 0. The molecule has 0 aliphatic heterocycles. The Hall–Kier alpha value is -1.35. The van der Waals surface area contributed by atoms with E-state index in [0.717, 1.165) is 10.5 Å². The van der Waals surface area contributed by atoms with Gasteiger partial charge in [0.1, 0.15) is 10.3 Å². The Labute approximate surface area is 85.6 Å². The minimum absolute atomic E-state index is 1.12. The highest BCUT2D eigenvalue weighted by molar-refractivity contribution is 7.18. The molecule has 3 heteroatoms. The van der Waals surface area contributed by atoms with E-state index >= 15 is 0 Å². The number of hydrogen-bond donors (Lipinski definition) is 1. The van der Waals surface area contributed by atoms with E-state index in [1.54, 1.807) is 11.3 Å². The van der Waals surface area contributed by atoms with E-state index in [1.807, 2.05) is 6.92 Å². The summed E-state index contributed by atoms with van der Waals surface area (Å²) in [4.78, 5) is 9.10. The monoisotopic (exact) mass is 202 g/mol. The molecule has 0 saturated heterocycles. The van der Waals surface area contributed by atoms with Crippen molar-refractivity contribution in [3.8, 4) is 0 Å². The SMILES string of the molecule is Cc1ccc2[nH]c3sc(C)nc3c2c1. The maximum Gasteiger partial charge on any atom is 0.121 e. The Bertz CT molecular complexity index is 619. The highest BCUT2D eigenvalue weighted by atomic mass is 32.1. The van der Waals surface area contributed by atoms with Crippen LogP contribution in [-0.4, -0.2) is 9.97 Å². The maximum absolute atomic E-state index is 4.53. The summed E-state index contributed by atoms with van der Waals surface area (Å²) < 4.78 is 0. The van der Waals surface area contributed by atoms with E-state index in [9.17, 15) is 0 Å². The van der Waals surface area contributed by atoms with Crippen molar-refractivity contribution >= 4 is 32.6 Å². The first kappa shape index (κ1) is 8.00. The number of fused-ring (bicyclic) bond motifs is 3. The fraction of sp³-hybridized carbons (Fsp3) is 0.182. The zero-order valence-corrected chi connectivity index (χ0v) is 8.90. The molecule has 2 nitrogen and oxygen atoms in total. The minimum atomic E-state index is 1.12. The molecule has 3 aromatic rings. The second-order valence-corrected chi connectivity index (χ2v) is 4.79. The molecular weight excluding hydrogens is 192 g/mol. The smallest absolute Gasteiger partial charge is 0.121 e. The van der Waals surface area contributed by atoms with Gasteiger partial charge in [-0.3, -0.25) is 0 Å².